The van der Waals surface area contributed by atoms with Crippen molar-refractivity contribution in [3.63, 3.8) is 0 Å². The average molecular weight is 391 g/mol. The van der Waals surface area contributed by atoms with Crippen LogP contribution in [0.15, 0.2) is 0 Å². The molecule has 5 nitrogen and oxygen atoms in total. The summed E-state index contributed by atoms with van der Waals surface area (Å²) in [4.78, 5) is 13.7. The number of Topliss-reactive ketones (excluding diaryl/α,β-unsaturated/α-hetero) is 1. The molecule has 156 valence electrons. The van der Waals surface area contributed by atoms with Gasteiger partial charge in [-0.05, 0) is 67.1 Å². The lowest BCUT2D eigenvalue weighted by Crippen LogP contribution is -2.60. The summed E-state index contributed by atoms with van der Waals surface area (Å²) in [7, 11) is 0. The Morgan fingerprint density at radius 3 is 2.50 bits per heavy atom. The van der Waals surface area contributed by atoms with Gasteiger partial charge in [0.05, 0.1) is 32.0 Å². The van der Waals surface area contributed by atoms with E-state index in [1.165, 1.54) is 6.42 Å². The van der Waals surface area contributed by atoms with Crippen LogP contribution in [-0.2, 0) is 19.0 Å². The molecule has 28 heavy (non-hydrogen) atoms. The number of epoxide rings is 1. The number of hydrogen-bond donors (Lipinski definition) is 1. The van der Waals surface area contributed by atoms with E-state index in [4.69, 9.17) is 14.2 Å². The van der Waals surface area contributed by atoms with Crippen LogP contribution in [0.5, 0.6) is 0 Å². The van der Waals surface area contributed by atoms with Crippen LogP contribution in [-0.4, -0.2) is 48.7 Å². The first-order chi connectivity index (χ1) is 13.4. The smallest absolute Gasteiger partial charge is 0.195 e. The molecule has 0 radical (unpaired) electrons. The van der Waals surface area contributed by atoms with Crippen LogP contribution in [0.3, 0.4) is 0 Å². The molecule has 0 aromatic carbocycles. The van der Waals surface area contributed by atoms with Gasteiger partial charge in [0, 0.05) is 18.3 Å². The molecular formula is C23H34O5. The quantitative estimate of drug-likeness (QED) is 0.734. The first kappa shape index (κ1) is 18.3. The van der Waals surface area contributed by atoms with E-state index in [9.17, 15) is 9.90 Å². The Bertz CT molecular complexity index is 686. The van der Waals surface area contributed by atoms with Gasteiger partial charge in [0.25, 0.3) is 0 Å². The molecule has 0 aromatic rings. The predicted molar refractivity (Wildman–Crippen MR) is 101 cm³/mol. The van der Waals surface area contributed by atoms with Crippen molar-refractivity contribution < 1.29 is 24.1 Å². The van der Waals surface area contributed by atoms with Crippen molar-refractivity contribution in [2.24, 2.45) is 40.4 Å². The molecule has 1 N–H and O–H groups in total. The zero-order valence-corrected chi connectivity index (χ0v) is 17.2. The monoisotopic (exact) mass is 390 g/mol. The lowest BCUT2D eigenvalue weighted by atomic mass is 9.44. The zero-order valence-electron chi connectivity index (χ0n) is 17.2. The van der Waals surface area contributed by atoms with Gasteiger partial charge in [-0.15, -0.1) is 0 Å². The molecule has 6 fully saturated rings. The van der Waals surface area contributed by atoms with Crippen LogP contribution < -0.4 is 0 Å². The summed E-state index contributed by atoms with van der Waals surface area (Å²) in [5, 5.41) is 10.2. The standard InChI is InChI=1S/C23H34O5/c1-21-8-7-17-20(28-17)15(21)4-3-13-14-5-6-18(23(12-24)26-9-10-27-23)22(14,2)11-16(25)19(13)21/h13-15,17-20,24H,3-12H2,1-2H3/t13-,14-,15-,17+,18-,19+,20-,21-,22-/m0/s1. The minimum atomic E-state index is -0.891. The van der Waals surface area contributed by atoms with Gasteiger partial charge in [0.1, 0.15) is 5.78 Å². The molecular weight excluding hydrogens is 356 g/mol. The van der Waals surface area contributed by atoms with Crippen LogP contribution in [0.2, 0.25) is 0 Å². The number of ketones is 1. The highest BCUT2D eigenvalue weighted by Gasteiger charge is 2.69. The third-order valence-electron chi connectivity index (χ3n) is 10.1. The summed E-state index contributed by atoms with van der Waals surface area (Å²) in [6.45, 7) is 5.67. The topological polar surface area (TPSA) is 68.3 Å². The van der Waals surface area contributed by atoms with Crippen molar-refractivity contribution in [2.75, 3.05) is 19.8 Å². The SMILES string of the molecule is C[C@]12CC[C@H]3O[C@H]3[C@@H]1CC[C@H]1[C@@H]3CC[C@H](C4(CO)OCCO4)[C@@]3(C)CC(=O)[C@@H]12. The first-order valence-electron chi connectivity index (χ1n) is 11.5. The number of carbonyl (C=O) groups is 1. The number of carbonyl (C=O) groups excluding carboxylic acids is 1. The second-order valence-corrected chi connectivity index (χ2v) is 11.1. The molecule has 0 bridgehead atoms. The van der Waals surface area contributed by atoms with E-state index in [1.54, 1.807) is 0 Å². The molecule has 0 unspecified atom stereocenters. The molecule has 4 aliphatic carbocycles. The number of aliphatic hydroxyl groups is 1. The van der Waals surface area contributed by atoms with Crippen molar-refractivity contribution in [3.05, 3.63) is 0 Å². The third-order valence-corrected chi connectivity index (χ3v) is 10.1. The maximum absolute atomic E-state index is 13.7. The lowest BCUT2D eigenvalue weighted by molar-refractivity contribution is -0.244. The fourth-order valence-electron chi connectivity index (χ4n) is 9.01. The molecule has 2 heterocycles. The molecule has 4 saturated carbocycles. The summed E-state index contributed by atoms with van der Waals surface area (Å²) < 4.78 is 17.9. The Labute approximate surface area is 167 Å². The van der Waals surface area contributed by atoms with Crippen LogP contribution in [0.4, 0.5) is 0 Å². The van der Waals surface area contributed by atoms with Crippen molar-refractivity contribution in [3.8, 4) is 0 Å². The molecule has 9 atom stereocenters. The van der Waals surface area contributed by atoms with E-state index < -0.39 is 5.79 Å². The molecule has 2 saturated heterocycles. The molecule has 0 amide bonds. The molecule has 2 aliphatic heterocycles. The highest BCUT2D eigenvalue weighted by atomic mass is 16.7. The molecule has 0 spiro atoms. The minimum Gasteiger partial charge on any atom is -0.391 e. The molecule has 6 rings (SSSR count). The van der Waals surface area contributed by atoms with E-state index in [0.29, 0.717) is 55.4 Å². The maximum Gasteiger partial charge on any atom is 0.195 e. The molecule has 6 aliphatic rings. The highest BCUT2D eigenvalue weighted by molar-refractivity contribution is 5.84. The fourth-order valence-corrected chi connectivity index (χ4v) is 9.01. The Hall–Kier alpha value is -0.490. The molecule has 5 heteroatoms. The van der Waals surface area contributed by atoms with Gasteiger partial charge in [-0.3, -0.25) is 4.79 Å². The predicted octanol–water partition coefficient (Wildman–Crippen LogP) is 2.94. The van der Waals surface area contributed by atoms with Crippen LogP contribution in [0.1, 0.15) is 58.8 Å². The Morgan fingerprint density at radius 2 is 1.75 bits per heavy atom. The van der Waals surface area contributed by atoms with Gasteiger partial charge in [-0.2, -0.15) is 0 Å². The summed E-state index contributed by atoms with van der Waals surface area (Å²) in [5.74, 6) is 1.46. The normalized spacial score (nSPS) is 56.5. The van der Waals surface area contributed by atoms with E-state index in [1.807, 2.05) is 0 Å². The van der Waals surface area contributed by atoms with E-state index in [0.717, 1.165) is 32.1 Å². The zero-order chi connectivity index (χ0) is 19.3. The number of hydrogen-bond acceptors (Lipinski definition) is 5. The van der Waals surface area contributed by atoms with E-state index in [2.05, 4.69) is 13.8 Å². The Morgan fingerprint density at radius 1 is 1.00 bits per heavy atom. The lowest BCUT2D eigenvalue weighted by Gasteiger charge is -2.59. The number of fused-ring (bicyclic) bond motifs is 7. The molecule has 0 aromatic heterocycles. The van der Waals surface area contributed by atoms with Crippen LogP contribution >= 0.6 is 0 Å². The summed E-state index contributed by atoms with van der Waals surface area (Å²) >= 11 is 0. The van der Waals surface area contributed by atoms with Gasteiger partial charge in [0.15, 0.2) is 5.79 Å². The number of ether oxygens (including phenoxy) is 3. The first-order valence-corrected chi connectivity index (χ1v) is 11.5. The largest absolute Gasteiger partial charge is 0.391 e. The van der Waals surface area contributed by atoms with Crippen molar-refractivity contribution in [1.82, 2.24) is 0 Å². The second kappa shape index (κ2) is 5.81. The minimum absolute atomic E-state index is 0.107. The Kier molecular flexibility index (Phi) is 3.79. The van der Waals surface area contributed by atoms with Gasteiger partial charge in [0.2, 0.25) is 0 Å². The van der Waals surface area contributed by atoms with Gasteiger partial charge in [-0.25, -0.2) is 0 Å². The van der Waals surface area contributed by atoms with E-state index in [-0.39, 0.29) is 29.3 Å². The third kappa shape index (κ3) is 2.15. The van der Waals surface area contributed by atoms with Gasteiger partial charge in [-0.1, -0.05) is 13.8 Å². The number of aliphatic hydroxyl groups excluding tert-OH is 1. The Balaban J connectivity index is 1.34. The van der Waals surface area contributed by atoms with Crippen molar-refractivity contribution in [1.29, 1.82) is 0 Å². The van der Waals surface area contributed by atoms with Crippen molar-refractivity contribution in [2.45, 2.75) is 76.8 Å². The number of rotatable bonds is 2. The van der Waals surface area contributed by atoms with Crippen LogP contribution in [0, 0.1) is 40.4 Å². The summed E-state index contributed by atoms with van der Waals surface area (Å²) in [6.07, 6.45) is 8.30. The summed E-state index contributed by atoms with van der Waals surface area (Å²) in [5.41, 5.74) is -0.00604. The summed E-state index contributed by atoms with van der Waals surface area (Å²) in [6, 6.07) is 0. The van der Waals surface area contributed by atoms with Gasteiger partial charge >= 0.3 is 0 Å². The fraction of sp³-hybridized carbons (Fsp3) is 0.957. The maximum atomic E-state index is 13.7. The average Bonchev–Trinajstić information content (AvgIpc) is 3.14. The second-order valence-electron chi connectivity index (χ2n) is 11.1. The van der Waals surface area contributed by atoms with Crippen LogP contribution in [0.25, 0.3) is 0 Å². The highest BCUT2D eigenvalue weighted by Crippen LogP contribution is 2.69. The van der Waals surface area contributed by atoms with E-state index >= 15 is 0 Å². The van der Waals surface area contributed by atoms with Crippen molar-refractivity contribution >= 4 is 5.78 Å². The van der Waals surface area contributed by atoms with Gasteiger partial charge < -0.3 is 19.3 Å².